The molecule has 2 aromatic carbocycles. The Bertz CT molecular complexity index is 754. The lowest BCUT2D eigenvalue weighted by Crippen LogP contribution is -2.18. The summed E-state index contributed by atoms with van der Waals surface area (Å²) in [4.78, 5) is 14.6. The van der Waals surface area contributed by atoms with Crippen LogP contribution in [-0.2, 0) is 0 Å². The van der Waals surface area contributed by atoms with Crippen LogP contribution >= 0.6 is 11.3 Å². The Morgan fingerprint density at radius 3 is 2.45 bits per heavy atom. The molecule has 1 heterocycles. The zero-order chi connectivity index (χ0) is 15.4. The Morgan fingerprint density at radius 1 is 1.00 bits per heavy atom. The van der Waals surface area contributed by atoms with Gasteiger partial charge in [-0.05, 0) is 35.7 Å². The third kappa shape index (κ3) is 3.02. The molecular weight excluding hydrogens is 292 g/mol. The van der Waals surface area contributed by atoms with Crippen molar-refractivity contribution >= 4 is 34.3 Å². The number of carbonyl (C=O) groups is 1. The van der Waals surface area contributed by atoms with E-state index in [0.29, 0.717) is 5.56 Å². The Labute approximate surface area is 133 Å². The second-order valence-electron chi connectivity index (χ2n) is 4.88. The highest BCUT2D eigenvalue weighted by atomic mass is 32.1. The number of carbonyl (C=O) groups excluding carboxylic acids is 1. The summed E-state index contributed by atoms with van der Waals surface area (Å²) in [7, 11) is 1.96. The molecular formula is C18H16N2OS. The number of amides is 1. The minimum atomic E-state index is -0.100. The summed E-state index contributed by atoms with van der Waals surface area (Å²) in [5, 5.41) is 6.79. The Kier molecular flexibility index (Phi) is 4.21. The molecule has 0 unspecified atom stereocenters. The highest BCUT2D eigenvalue weighted by molar-refractivity contribution is 7.08. The van der Waals surface area contributed by atoms with Crippen molar-refractivity contribution in [2.24, 2.45) is 0 Å². The normalized spacial score (nSPS) is 10.2. The maximum Gasteiger partial charge on any atom is 0.257 e. The molecule has 0 fully saturated rings. The molecule has 0 aliphatic rings. The molecule has 0 bridgehead atoms. The molecule has 0 saturated carbocycles. The fourth-order valence-electron chi connectivity index (χ4n) is 2.28. The summed E-state index contributed by atoms with van der Waals surface area (Å²) < 4.78 is 0. The van der Waals surface area contributed by atoms with Gasteiger partial charge in [0.2, 0.25) is 0 Å². The monoisotopic (exact) mass is 308 g/mol. The molecule has 3 nitrogen and oxygen atoms in total. The fourth-order valence-corrected chi connectivity index (χ4v) is 2.87. The maximum absolute atomic E-state index is 12.5. The average molecular weight is 308 g/mol. The molecule has 3 rings (SSSR count). The van der Waals surface area contributed by atoms with Crippen LogP contribution in [-0.4, -0.2) is 13.0 Å². The first-order chi connectivity index (χ1) is 10.8. The van der Waals surface area contributed by atoms with E-state index in [-0.39, 0.29) is 5.91 Å². The Hall–Kier alpha value is -2.59. The van der Waals surface area contributed by atoms with Gasteiger partial charge in [-0.25, -0.2) is 0 Å². The third-order valence-corrected chi connectivity index (χ3v) is 4.12. The van der Waals surface area contributed by atoms with Crippen molar-refractivity contribution in [3.05, 3.63) is 77.0 Å². The minimum Gasteiger partial charge on any atom is -0.344 e. The van der Waals surface area contributed by atoms with E-state index in [9.17, 15) is 4.79 Å². The predicted molar refractivity (Wildman–Crippen MR) is 93.2 cm³/mol. The number of nitrogens with one attached hydrogen (secondary N) is 1. The van der Waals surface area contributed by atoms with Crippen molar-refractivity contribution in [1.29, 1.82) is 0 Å². The van der Waals surface area contributed by atoms with Gasteiger partial charge in [-0.3, -0.25) is 4.79 Å². The van der Waals surface area contributed by atoms with Crippen molar-refractivity contribution in [3.63, 3.8) is 0 Å². The van der Waals surface area contributed by atoms with Crippen molar-refractivity contribution in [2.75, 3.05) is 17.3 Å². The van der Waals surface area contributed by atoms with Gasteiger partial charge in [0, 0.05) is 18.1 Å². The van der Waals surface area contributed by atoms with E-state index in [1.54, 1.807) is 11.3 Å². The number of nitrogens with zero attached hydrogens (tertiary/aromatic N) is 1. The van der Waals surface area contributed by atoms with E-state index in [2.05, 4.69) is 5.32 Å². The number of hydrogen-bond acceptors (Lipinski definition) is 3. The van der Waals surface area contributed by atoms with Gasteiger partial charge >= 0.3 is 0 Å². The first-order valence-electron chi connectivity index (χ1n) is 6.97. The predicted octanol–water partition coefficient (Wildman–Crippen LogP) is 4.77. The van der Waals surface area contributed by atoms with Crippen LogP contribution in [0.5, 0.6) is 0 Å². The van der Waals surface area contributed by atoms with Crippen LogP contribution in [0.3, 0.4) is 0 Å². The zero-order valence-corrected chi connectivity index (χ0v) is 13.0. The van der Waals surface area contributed by atoms with Crippen LogP contribution in [0.25, 0.3) is 0 Å². The van der Waals surface area contributed by atoms with Crippen LogP contribution < -0.4 is 10.2 Å². The molecule has 4 heteroatoms. The summed E-state index contributed by atoms with van der Waals surface area (Å²) in [6.45, 7) is 0. The molecule has 110 valence electrons. The molecule has 0 atom stereocenters. The van der Waals surface area contributed by atoms with Crippen LogP contribution in [0.4, 0.5) is 17.1 Å². The van der Waals surface area contributed by atoms with Crippen LogP contribution in [0, 0.1) is 0 Å². The lowest BCUT2D eigenvalue weighted by atomic mass is 10.1. The van der Waals surface area contributed by atoms with E-state index in [0.717, 1.165) is 17.1 Å². The van der Waals surface area contributed by atoms with Gasteiger partial charge in [-0.15, -0.1) is 0 Å². The number of rotatable bonds is 4. The Balaban J connectivity index is 1.91. The maximum atomic E-state index is 12.5. The van der Waals surface area contributed by atoms with E-state index in [1.165, 1.54) is 0 Å². The summed E-state index contributed by atoms with van der Waals surface area (Å²) in [6, 6.07) is 19.5. The lowest BCUT2D eigenvalue weighted by molar-refractivity contribution is 0.102. The molecule has 0 radical (unpaired) electrons. The number of hydrogen-bond donors (Lipinski definition) is 1. The van der Waals surface area contributed by atoms with Crippen molar-refractivity contribution in [3.8, 4) is 0 Å². The Morgan fingerprint density at radius 2 is 1.73 bits per heavy atom. The van der Waals surface area contributed by atoms with Gasteiger partial charge in [0.25, 0.3) is 5.91 Å². The van der Waals surface area contributed by atoms with Gasteiger partial charge in [0.05, 0.1) is 16.9 Å². The first kappa shape index (κ1) is 14.4. The molecule has 0 aliphatic carbocycles. The molecule has 1 amide bonds. The van der Waals surface area contributed by atoms with Gasteiger partial charge in [-0.1, -0.05) is 30.3 Å². The number of benzene rings is 2. The van der Waals surface area contributed by atoms with Crippen LogP contribution in [0.15, 0.2) is 71.4 Å². The lowest BCUT2D eigenvalue weighted by Gasteiger charge is -2.22. The second kappa shape index (κ2) is 6.45. The standard InChI is InChI=1S/C18H16N2OS/c1-20(15-7-3-2-4-8-15)17-10-6-5-9-16(17)18(21)19-14-11-12-22-13-14/h2-13H,1H3,(H,19,21). The highest BCUT2D eigenvalue weighted by Crippen LogP contribution is 2.27. The molecule has 0 saturated heterocycles. The highest BCUT2D eigenvalue weighted by Gasteiger charge is 2.15. The minimum absolute atomic E-state index is 0.100. The second-order valence-corrected chi connectivity index (χ2v) is 5.66. The number of anilines is 3. The molecule has 3 aromatic rings. The van der Waals surface area contributed by atoms with Crippen molar-refractivity contribution in [1.82, 2.24) is 0 Å². The van der Waals surface area contributed by atoms with Crippen LogP contribution in [0.1, 0.15) is 10.4 Å². The SMILES string of the molecule is CN(c1ccccc1)c1ccccc1C(=O)Nc1ccsc1. The summed E-state index contributed by atoms with van der Waals surface area (Å²) in [6.07, 6.45) is 0. The largest absolute Gasteiger partial charge is 0.344 e. The molecule has 0 spiro atoms. The van der Waals surface area contributed by atoms with E-state index in [1.807, 2.05) is 83.4 Å². The van der Waals surface area contributed by atoms with Gasteiger partial charge < -0.3 is 10.2 Å². The van der Waals surface area contributed by atoms with E-state index in [4.69, 9.17) is 0 Å². The summed E-state index contributed by atoms with van der Waals surface area (Å²) >= 11 is 1.56. The van der Waals surface area contributed by atoms with Gasteiger partial charge in [0.15, 0.2) is 0 Å². The quantitative estimate of drug-likeness (QED) is 0.753. The number of para-hydroxylation sites is 2. The van der Waals surface area contributed by atoms with Gasteiger partial charge in [0.1, 0.15) is 0 Å². The van der Waals surface area contributed by atoms with E-state index < -0.39 is 0 Å². The van der Waals surface area contributed by atoms with E-state index >= 15 is 0 Å². The van der Waals surface area contributed by atoms with Gasteiger partial charge in [-0.2, -0.15) is 11.3 Å². The smallest absolute Gasteiger partial charge is 0.257 e. The molecule has 22 heavy (non-hydrogen) atoms. The zero-order valence-electron chi connectivity index (χ0n) is 12.2. The average Bonchev–Trinajstić information content (AvgIpc) is 3.08. The van der Waals surface area contributed by atoms with Crippen molar-refractivity contribution in [2.45, 2.75) is 0 Å². The fraction of sp³-hybridized carbons (Fsp3) is 0.0556. The molecule has 1 N–H and O–H groups in total. The first-order valence-corrected chi connectivity index (χ1v) is 7.91. The van der Waals surface area contributed by atoms with Crippen LogP contribution in [0.2, 0.25) is 0 Å². The number of thiophene rings is 1. The molecule has 0 aliphatic heterocycles. The third-order valence-electron chi connectivity index (χ3n) is 3.43. The molecule has 1 aromatic heterocycles. The topological polar surface area (TPSA) is 32.3 Å². The van der Waals surface area contributed by atoms with Crippen molar-refractivity contribution < 1.29 is 4.79 Å². The summed E-state index contributed by atoms with van der Waals surface area (Å²) in [5.74, 6) is -0.100. The summed E-state index contributed by atoms with van der Waals surface area (Å²) in [5.41, 5.74) is 3.40.